The zero-order valence-corrected chi connectivity index (χ0v) is 19.8. The van der Waals surface area contributed by atoms with Gasteiger partial charge in [0.05, 0.1) is 12.0 Å². The van der Waals surface area contributed by atoms with Gasteiger partial charge in [0, 0.05) is 23.3 Å². The lowest BCUT2D eigenvalue weighted by atomic mass is 10.2. The molecule has 0 spiro atoms. The molecule has 3 aromatic heterocycles. The van der Waals surface area contributed by atoms with E-state index in [1.807, 2.05) is 19.9 Å². The molecule has 34 heavy (non-hydrogen) atoms. The summed E-state index contributed by atoms with van der Waals surface area (Å²) in [6.07, 6.45) is 2.28. The molecule has 1 amide bonds. The Morgan fingerprint density at radius 2 is 1.85 bits per heavy atom. The van der Waals surface area contributed by atoms with Crippen LogP contribution in [0.3, 0.4) is 0 Å². The van der Waals surface area contributed by atoms with Crippen LogP contribution in [0.4, 0.5) is 0 Å². The van der Waals surface area contributed by atoms with Crippen molar-refractivity contribution in [2.45, 2.75) is 33.7 Å². The van der Waals surface area contributed by atoms with E-state index in [1.165, 1.54) is 10.5 Å². The minimum absolute atomic E-state index is 0.0246. The van der Waals surface area contributed by atoms with E-state index in [2.05, 4.69) is 4.99 Å². The van der Waals surface area contributed by atoms with Gasteiger partial charge >= 0.3 is 5.97 Å². The van der Waals surface area contributed by atoms with Crippen LogP contribution in [0.2, 0.25) is 5.02 Å². The van der Waals surface area contributed by atoms with E-state index in [0.717, 1.165) is 5.56 Å². The quantitative estimate of drug-likeness (QED) is 0.320. The lowest BCUT2D eigenvalue weighted by Crippen LogP contribution is -2.32. The molecule has 0 radical (unpaired) electrons. The number of halogens is 1. The van der Waals surface area contributed by atoms with Crippen molar-refractivity contribution in [1.82, 2.24) is 14.0 Å². The number of hydrogen-bond donors (Lipinski definition) is 0. The highest BCUT2D eigenvalue weighted by molar-refractivity contribution is 6.30. The lowest BCUT2D eigenvalue weighted by molar-refractivity contribution is 0.0523. The highest BCUT2D eigenvalue weighted by Crippen LogP contribution is 2.15. The van der Waals surface area contributed by atoms with Gasteiger partial charge in [0.25, 0.3) is 11.5 Å². The summed E-state index contributed by atoms with van der Waals surface area (Å²) in [5.74, 6) is -1.23. The van der Waals surface area contributed by atoms with Crippen LogP contribution in [0, 0.1) is 6.92 Å². The lowest BCUT2D eigenvalue weighted by Gasteiger charge is -2.15. The minimum Gasteiger partial charge on any atom is -0.462 e. The highest BCUT2D eigenvalue weighted by Gasteiger charge is 2.20. The van der Waals surface area contributed by atoms with Crippen molar-refractivity contribution < 1.29 is 14.3 Å². The molecule has 0 saturated heterocycles. The van der Waals surface area contributed by atoms with Crippen molar-refractivity contribution in [2.75, 3.05) is 6.61 Å². The average molecular weight is 479 g/mol. The van der Waals surface area contributed by atoms with Gasteiger partial charge in [-0.2, -0.15) is 4.99 Å². The number of carbonyl (C=O) groups excluding carboxylic acids is 2. The molecular formula is C25H23ClN4O4. The molecular weight excluding hydrogens is 456 g/mol. The number of ether oxygens (including phenoxy) is 1. The molecule has 4 aromatic rings. The number of rotatable bonds is 5. The fraction of sp³-hybridized carbons (Fsp3) is 0.240. The highest BCUT2D eigenvalue weighted by atomic mass is 35.5. The molecule has 0 saturated carbocycles. The molecule has 4 rings (SSSR count). The monoisotopic (exact) mass is 478 g/mol. The largest absolute Gasteiger partial charge is 0.462 e. The fourth-order valence-electron chi connectivity index (χ4n) is 3.76. The number of esters is 1. The first kappa shape index (κ1) is 23.4. The Balaban J connectivity index is 2.13. The maximum absolute atomic E-state index is 13.4. The Morgan fingerprint density at radius 1 is 1.12 bits per heavy atom. The van der Waals surface area contributed by atoms with Crippen LogP contribution >= 0.6 is 11.6 Å². The number of benzene rings is 1. The normalized spacial score (nSPS) is 11.8. The van der Waals surface area contributed by atoms with Crippen molar-refractivity contribution in [3.63, 3.8) is 0 Å². The maximum Gasteiger partial charge on any atom is 0.341 e. The summed E-state index contributed by atoms with van der Waals surface area (Å²) in [5, 5.41) is 0.722. The molecule has 0 aliphatic rings. The summed E-state index contributed by atoms with van der Waals surface area (Å²) in [4.78, 5) is 48.3. The van der Waals surface area contributed by atoms with E-state index in [0.29, 0.717) is 34.8 Å². The summed E-state index contributed by atoms with van der Waals surface area (Å²) in [6, 6.07) is 11.3. The van der Waals surface area contributed by atoms with Crippen molar-refractivity contribution in [2.24, 2.45) is 4.99 Å². The molecule has 0 N–H and O–H groups in total. The predicted octanol–water partition coefficient (Wildman–Crippen LogP) is 3.94. The number of hydrogen-bond acceptors (Lipinski definition) is 5. The first-order chi connectivity index (χ1) is 16.3. The second-order valence-electron chi connectivity index (χ2n) is 7.72. The summed E-state index contributed by atoms with van der Waals surface area (Å²) < 4.78 is 8.32. The van der Waals surface area contributed by atoms with Gasteiger partial charge in [0.1, 0.15) is 16.9 Å². The van der Waals surface area contributed by atoms with E-state index >= 15 is 0 Å². The van der Waals surface area contributed by atoms with Gasteiger partial charge in [0.15, 0.2) is 5.49 Å². The zero-order valence-electron chi connectivity index (χ0n) is 19.0. The number of aryl methyl sites for hydroxylation is 2. The molecule has 0 aliphatic carbocycles. The van der Waals surface area contributed by atoms with Crippen LogP contribution in [0.25, 0.3) is 16.7 Å². The molecule has 1 aromatic carbocycles. The predicted molar refractivity (Wildman–Crippen MR) is 129 cm³/mol. The second-order valence-corrected chi connectivity index (χ2v) is 8.15. The number of pyridine rings is 2. The molecule has 3 heterocycles. The van der Waals surface area contributed by atoms with Crippen LogP contribution in [0.1, 0.15) is 46.5 Å². The van der Waals surface area contributed by atoms with Crippen molar-refractivity contribution in [3.8, 4) is 0 Å². The molecule has 0 bridgehead atoms. The topological polar surface area (TPSA) is 95.0 Å². The number of nitrogens with zero attached hydrogens (tertiary/aromatic N) is 4. The fourth-order valence-corrected chi connectivity index (χ4v) is 3.88. The summed E-state index contributed by atoms with van der Waals surface area (Å²) >= 11 is 5.94. The van der Waals surface area contributed by atoms with Gasteiger partial charge < -0.3 is 9.30 Å². The van der Waals surface area contributed by atoms with Crippen molar-refractivity contribution in [1.29, 1.82) is 0 Å². The minimum atomic E-state index is -0.675. The number of fused-ring (bicyclic) bond motifs is 2. The Labute approximate surface area is 200 Å². The van der Waals surface area contributed by atoms with Gasteiger partial charge in [-0.25, -0.2) is 9.78 Å². The standard InChI is InChI=1S/C25H23ClN4O4/c1-4-12-29-21-18(24(32)30-13-6-7-15(3)20(30)27-21)14-19(25(33)34-5-2)22(29)28-23(31)16-8-10-17(26)11-9-16/h6-11,13-14H,4-5,12H2,1-3H3. The van der Waals surface area contributed by atoms with Gasteiger partial charge in [-0.05, 0) is 62.2 Å². The van der Waals surface area contributed by atoms with Gasteiger partial charge in [-0.3, -0.25) is 14.0 Å². The third-order valence-corrected chi connectivity index (χ3v) is 5.60. The van der Waals surface area contributed by atoms with Crippen LogP contribution in [0.15, 0.2) is 58.4 Å². The van der Waals surface area contributed by atoms with E-state index in [-0.39, 0.29) is 28.6 Å². The molecule has 9 heteroatoms. The average Bonchev–Trinajstić information content (AvgIpc) is 2.82. The van der Waals surface area contributed by atoms with Crippen molar-refractivity contribution in [3.05, 3.63) is 86.2 Å². The third kappa shape index (κ3) is 4.24. The number of carbonyl (C=O) groups is 2. The molecule has 8 nitrogen and oxygen atoms in total. The van der Waals surface area contributed by atoms with E-state index in [9.17, 15) is 14.4 Å². The van der Waals surface area contributed by atoms with Crippen LogP contribution < -0.4 is 11.0 Å². The summed E-state index contributed by atoms with van der Waals surface area (Å²) in [6.45, 7) is 6.00. The Kier molecular flexibility index (Phi) is 6.61. The Bertz CT molecular complexity index is 1550. The first-order valence-corrected chi connectivity index (χ1v) is 11.3. The van der Waals surface area contributed by atoms with Crippen LogP contribution in [-0.2, 0) is 11.3 Å². The second kappa shape index (κ2) is 9.61. The zero-order chi connectivity index (χ0) is 24.4. The molecule has 0 fully saturated rings. The smallest absolute Gasteiger partial charge is 0.341 e. The van der Waals surface area contributed by atoms with Crippen LogP contribution in [0.5, 0.6) is 0 Å². The molecule has 0 unspecified atom stereocenters. The Hall–Kier alpha value is -3.78. The maximum atomic E-state index is 13.4. The van der Waals surface area contributed by atoms with E-state index in [1.54, 1.807) is 48.0 Å². The summed E-state index contributed by atoms with van der Waals surface area (Å²) in [5.41, 5.74) is 1.75. The number of amides is 1. The van der Waals surface area contributed by atoms with E-state index in [4.69, 9.17) is 21.3 Å². The Morgan fingerprint density at radius 3 is 2.53 bits per heavy atom. The third-order valence-electron chi connectivity index (χ3n) is 5.35. The van der Waals surface area contributed by atoms with Gasteiger partial charge in [-0.15, -0.1) is 0 Å². The summed E-state index contributed by atoms with van der Waals surface area (Å²) in [7, 11) is 0. The molecule has 174 valence electrons. The van der Waals surface area contributed by atoms with Crippen LogP contribution in [-0.4, -0.2) is 32.4 Å². The SMILES string of the molecule is CCCn1c(=NC(=O)c2ccc(Cl)cc2)c(C(=O)OCC)cc2c(=O)n3cccc(C)c3nc21. The molecule has 0 atom stereocenters. The van der Waals surface area contributed by atoms with Gasteiger partial charge in [-0.1, -0.05) is 24.6 Å². The first-order valence-electron chi connectivity index (χ1n) is 10.9. The van der Waals surface area contributed by atoms with Crippen molar-refractivity contribution >= 4 is 40.2 Å². The van der Waals surface area contributed by atoms with Gasteiger partial charge in [0.2, 0.25) is 0 Å². The molecule has 0 aliphatic heterocycles. The number of aromatic nitrogens is 3. The van der Waals surface area contributed by atoms with E-state index < -0.39 is 11.9 Å².